The normalized spacial score (nSPS) is 13.0. The van der Waals surface area contributed by atoms with Gasteiger partial charge in [-0.15, -0.1) is 0 Å². The average molecular weight is 170 g/mol. The second-order valence-electron chi connectivity index (χ2n) is 2.71. The van der Waals surface area contributed by atoms with Crippen LogP contribution >= 0.6 is 11.6 Å². The first kappa shape index (κ1) is 8.54. The second kappa shape index (κ2) is 3.72. The summed E-state index contributed by atoms with van der Waals surface area (Å²) in [5, 5.41) is 0.706. The summed E-state index contributed by atoms with van der Waals surface area (Å²) in [5.41, 5.74) is 1.12. The predicted molar refractivity (Wildman–Crippen MR) is 48.0 cm³/mol. The van der Waals surface area contributed by atoms with Crippen LogP contribution in [0.25, 0.3) is 0 Å². The standard InChI is InChI=1S/C9H12ClN/c1-3-7(2)9-5-4-8(10)6-11-9/h4-7H,3H2,1-2H3. The molecule has 1 aromatic rings. The molecule has 1 heterocycles. The van der Waals surface area contributed by atoms with Gasteiger partial charge in [0.1, 0.15) is 0 Å². The van der Waals surface area contributed by atoms with Crippen molar-refractivity contribution in [3.05, 3.63) is 29.0 Å². The van der Waals surface area contributed by atoms with Gasteiger partial charge in [-0.3, -0.25) is 4.98 Å². The van der Waals surface area contributed by atoms with Crippen LogP contribution in [0.4, 0.5) is 0 Å². The lowest BCUT2D eigenvalue weighted by Crippen LogP contribution is -1.93. The molecule has 0 aromatic carbocycles. The van der Waals surface area contributed by atoms with Gasteiger partial charge in [-0.05, 0) is 24.5 Å². The highest BCUT2D eigenvalue weighted by molar-refractivity contribution is 6.30. The van der Waals surface area contributed by atoms with Gasteiger partial charge < -0.3 is 0 Å². The molecule has 0 fully saturated rings. The number of hydrogen-bond donors (Lipinski definition) is 0. The highest BCUT2D eigenvalue weighted by Crippen LogP contribution is 2.17. The van der Waals surface area contributed by atoms with Gasteiger partial charge in [0.15, 0.2) is 0 Å². The fourth-order valence-corrected chi connectivity index (χ4v) is 1.000. The summed E-state index contributed by atoms with van der Waals surface area (Å²) in [6, 6.07) is 3.87. The van der Waals surface area contributed by atoms with E-state index in [1.165, 1.54) is 0 Å². The molecule has 0 radical (unpaired) electrons. The molecule has 0 aliphatic heterocycles. The van der Waals surface area contributed by atoms with Gasteiger partial charge in [0.25, 0.3) is 0 Å². The Hall–Kier alpha value is -0.560. The summed E-state index contributed by atoms with van der Waals surface area (Å²) in [4.78, 5) is 4.22. The summed E-state index contributed by atoms with van der Waals surface area (Å²) in [6.45, 7) is 4.32. The Morgan fingerprint density at radius 3 is 2.73 bits per heavy atom. The topological polar surface area (TPSA) is 12.9 Å². The molecule has 0 aliphatic rings. The van der Waals surface area contributed by atoms with E-state index in [1.807, 2.05) is 12.1 Å². The van der Waals surface area contributed by atoms with E-state index in [0.717, 1.165) is 12.1 Å². The van der Waals surface area contributed by atoms with Crippen molar-refractivity contribution in [2.24, 2.45) is 0 Å². The highest BCUT2D eigenvalue weighted by atomic mass is 35.5. The van der Waals surface area contributed by atoms with Crippen molar-refractivity contribution < 1.29 is 0 Å². The van der Waals surface area contributed by atoms with E-state index in [0.29, 0.717) is 10.9 Å². The zero-order valence-electron chi connectivity index (χ0n) is 6.84. The van der Waals surface area contributed by atoms with Crippen molar-refractivity contribution >= 4 is 11.6 Å². The predicted octanol–water partition coefficient (Wildman–Crippen LogP) is 3.25. The van der Waals surface area contributed by atoms with Crippen molar-refractivity contribution in [3.8, 4) is 0 Å². The van der Waals surface area contributed by atoms with Crippen LogP contribution in [0.1, 0.15) is 31.9 Å². The minimum absolute atomic E-state index is 0.535. The molecule has 0 N–H and O–H groups in total. The molecule has 0 bridgehead atoms. The summed E-state index contributed by atoms with van der Waals surface area (Å²) in [7, 11) is 0. The fraction of sp³-hybridized carbons (Fsp3) is 0.444. The molecule has 60 valence electrons. The van der Waals surface area contributed by atoms with Crippen molar-refractivity contribution in [3.63, 3.8) is 0 Å². The minimum atomic E-state index is 0.535. The molecular formula is C9H12ClN. The Kier molecular flexibility index (Phi) is 2.89. The van der Waals surface area contributed by atoms with Gasteiger partial charge in [0.2, 0.25) is 0 Å². The lowest BCUT2D eigenvalue weighted by Gasteiger charge is -2.06. The Bertz CT molecular complexity index is 218. The summed E-state index contributed by atoms with van der Waals surface area (Å²) < 4.78 is 0. The fourth-order valence-electron chi connectivity index (χ4n) is 0.888. The monoisotopic (exact) mass is 169 g/mol. The van der Waals surface area contributed by atoms with Gasteiger partial charge in [0, 0.05) is 11.9 Å². The SMILES string of the molecule is CCC(C)c1ccc(Cl)cn1. The highest BCUT2D eigenvalue weighted by Gasteiger charge is 2.02. The summed E-state index contributed by atoms with van der Waals surface area (Å²) in [5.74, 6) is 0.535. The van der Waals surface area contributed by atoms with E-state index in [1.54, 1.807) is 6.20 Å². The van der Waals surface area contributed by atoms with Gasteiger partial charge in [0.05, 0.1) is 5.02 Å². The van der Waals surface area contributed by atoms with Crippen LogP contribution in [0.15, 0.2) is 18.3 Å². The first-order valence-corrected chi connectivity index (χ1v) is 4.23. The van der Waals surface area contributed by atoms with E-state index < -0.39 is 0 Å². The van der Waals surface area contributed by atoms with Crippen LogP contribution in [-0.2, 0) is 0 Å². The van der Waals surface area contributed by atoms with Gasteiger partial charge in [-0.25, -0.2) is 0 Å². The molecule has 1 rings (SSSR count). The summed E-state index contributed by atoms with van der Waals surface area (Å²) >= 11 is 5.70. The largest absolute Gasteiger partial charge is 0.259 e. The molecule has 1 unspecified atom stereocenters. The van der Waals surface area contributed by atoms with Crippen LogP contribution in [0.2, 0.25) is 5.02 Å². The maximum Gasteiger partial charge on any atom is 0.0589 e. The number of hydrogen-bond acceptors (Lipinski definition) is 1. The Morgan fingerprint density at radius 2 is 2.27 bits per heavy atom. The van der Waals surface area contributed by atoms with E-state index in [4.69, 9.17) is 11.6 Å². The zero-order valence-corrected chi connectivity index (χ0v) is 7.60. The molecule has 2 heteroatoms. The quantitative estimate of drug-likeness (QED) is 0.663. The van der Waals surface area contributed by atoms with Gasteiger partial charge in [-0.2, -0.15) is 0 Å². The number of aromatic nitrogens is 1. The van der Waals surface area contributed by atoms with Crippen LogP contribution in [0.5, 0.6) is 0 Å². The third kappa shape index (κ3) is 2.19. The third-order valence-corrected chi connectivity index (χ3v) is 2.09. The molecule has 0 saturated heterocycles. The van der Waals surface area contributed by atoms with Crippen LogP contribution in [-0.4, -0.2) is 4.98 Å². The van der Waals surface area contributed by atoms with E-state index in [-0.39, 0.29) is 0 Å². The zero-order chi connectivity index (χ0) is 8.27. The molecule has 0 spiro atoms. The molecule has 1 atom stereocenters. The Morgan fingerprint density at radius 1 is 1.55 bits per heavy atom. The molecule has 1 aromatic heterocycles. The lowest BCUT2D eigenvalue weighted by atomic mass is 10.1. The smallest absolute Gasteiger partial charge is 0.0589 e. The number of halogens is 1. The van der Waals surface area contributed by atoms with E-state index in [2.05, 4.69) is 18.8 Å². The van der Waals surface area contributed by atoms with Crippen molar-refractivity contribution in [2.75, 3.05) is 0 Å². The van der Waals surface area contributed by atoms with Crippen molar-refractivity contribution in [1.29, 1.82) is 0 Å². The van der Waals surface area contributed by atoms with Crippen molar-refractivity contribution in [1.82, 2.24) is 4.98 Å². The van der Waals surface area contributed by atoms with Crippen LogP contribution < -0.4 is 0 Å². The molecule has 0 saturated carbocycles. The molecule has 1 nitrogen and oxygen atoms in total. The maximum atomic E-state index is 5.70. The Balaban J connectivity index is 2.81. The minimum Gasteiger partial charge on any atom is -0.259 e. The van der Waals surface area contributed by atoms with E-state index in [9.17, 15) is 0 Å². The van der Waals surface area contributed by atoms with Crippen LogP contribution in [0.3, 0.4) is 0 Å². The maximum absolute atomic E-state index is 5.70. The van der Waals surface area contributed by atoms with Crippen molar-refractivity contribution in [2.45, 2.75) is 26.2 Å². The van der Waals surface area contributed by atoms with Crippen LogP contribution in [0, 0.1) is 0 Å². The number of rotatable bonds is 2. The third-order valence-electron chi connectivity index (χ3n) is 1.87. The average Bonchev–Trinajstić information content (AvgIpc) is 2.05. The molecule has 11 heavy (non-hydrogen) atoms. The second-order valence-corrected chi connectivity index (χ2v) is 3.15. The first-order chi connectivity index (χ1) is 5.24. The molecular weight excluding hydrogens is 158 g/mol. The summed E-state index contributed by atoms with van der Waals surface area (Å²) in [6.07, 6.45) is 2.82. The van der Waals surface area contributed by atoms with Gasteiger partial charge >= 0.3 is 0 Å². The first-order valence-electron chi connectivity index (χ1n) is 3.85. The lowest BCUT2D eigenvalue weighted by molar-refractivity contribution is 0.708. The molecule has 0 aliphatic carbocycles. The van der Waals surface area contributed by atoms with E-state index >= 15 is 0 Å². The molecule has 0 amide bonds. The van der Waals surface area contributed by atoms with Gasteiger partial charge in [-0.1, -0.05) is 25.4 Å². The number of nitrogens with zero attached hydrogens (tertiary/aromatic N) is 1. The Labute approximate surface area is 72.4 Å². The number of pyridine rings is 1.